The number of amides is 2. The van der Waals surface area contributed by atoms with Gasteiger partial charge in [-0.3, -0.25) is 4.57 Å². The highest BCUT2D eigenvalue weighted by Crippen LogP contribution is 2.47. The van der Waals surface area contributed by atoms with Gasteiger partial charge in [-0.1, -0.05) is 12.1 Å². The SMILES string of the molecule is CCOc1ccc(CN(C)C(=O)/N=c2\sc(C)cn2-c2ccc3c(c2)OC(F)(F)C(F)(F)O3)cc1. The molecule has 186 valence electrons. The van der Waals surface area contributed by atoms with Crippen molar-refractivity contribution in [2.24, 2.45) is 4.99 Å². The Kier molecular flexibility index (Phi) is 6.50. The minimum absolute atomic E-state index is 0.264. The highest BCUT2D eigenvalue weighted by molar-refractivity contribution is 7.09. The highest BCUT2D eigenvalue weighted by Gasteiger charge is 2.65. The van der Waals surface area contributed by atoms with Gasteiger partial charge in [-0.2, -0.15) is 22.6 Å². The van der Waals surface area contributed by atoms with Crippen molar-refractivity contribution in [1.29, 1.82) is 0 Å². The molecule has 0 bridgehead atoms. The number of thiazole rings is 1. The maximum atomic E-state index is 13.6. The lowest BCUT2D eigenvalue weighted by atomic mass is 10.2. The summed E-state index contributed by atoms with van der Waals surface area (Å²) in [4.78, 5) is 19.4. The molecular weight excluding hydrogens is 490 g/mol. The number of alkyl halides is 4. The Balaban J connectivity index is 1.58. The fourth-order valence-corrected chi connectivity index (χ4v) is 4.12. The van der Waals surface area contributed by atoms with Gasteiger partial charge in [-0.25, -0.2) is 4.79 Å². The van der Waals surface area contributed by atoms with Crippen LogP contribution in [0.4, 0.5) is 22.4 Å². The number of rotatable bonds is 5. The second-order valence-electron chi connectivity index (χ2n) is 7.69. The molecule has 0 saturated heterocycles. The van der Waals surface area contributed by atoms with E-state index in [-0.39, 0.29) is 10.5 Å². The Hall–Kier alpha value is -3.54. The van der Waals surface area contributed by atoms with E-state index in [9.17, 15) is 22.4 Å². The van der Waals surface area contributed by atoms with Crippen molar-refractivity contribution in [3.05, 3.63) is 63.9 Å². The number of carbonyl (C=O) groups is 1. The molecule has 3 aromatic rings. The molecule has 2 aromatic carbocycles. The van der Waals surface area contributed by atoms with Gasteiger partial charge in [0.05, 0.1) is 12.3 Å². The summed E-state index contributed by atoms with van der Waals surface area (Å²) in [6.07, 6.45) is -7.99. The van der Waals surface area contributed by atoms with E-state index in [0.717, 1.165) is 28.3 Å². The number of aromatic nitrogens is 1. The monoisotopic (exact) mass is 511 g/mol. The number of urea groups is 1. The van der Waals surface area contributed by atoms with Gasteiger partial charge in [0.1, 0.15) is 5.75 Å². The fourth-order valence-electron chi connectivity index (χ4n) is 3.29. The molecule has 0 saturated carbocycles. The standard InChI is InChI=1S/C23H21F4N3O4S/c1-4-32-17-8-5-15(6-9-17)13-29(3)20(31)28-21-30(12-14(2)35-21)16-7-10-18-19(11-16)34-23(26,27)22(24,25)33-18/h5-12H,4,13H2,1-3H3/b28-21-. The summed E-state index contributed by atoms with van der Waals surface area (Å²) in [5.74, 6) is -0.354. The third-order valence-corrected chi connectivity index (χ3v) is 5.86. The summed E-state index contributed by atoms with van der Waals surface area (Å²) in [7, 11) is 1.60. The molecule has 0 radical (unpaired) electrons. The lowest BCUT2D eigenvalue weighted by Gasteiger charge is -2.31. The molecule has 0 spiro atoms. The molecule has 0 fully saturated rings. The normalized spacial score (nSPS) is 16.1. The molecule has 12 heteroatoms. The summed E-state index contributed by atoms with van der Waals surface area (Å²) < 4.78 is 69.3. The van der Waals surface area contributed by atoms with Crippen molar-refractivity contribution in [2.45, 2.75) is 32.6 Å². The largest absolute Gasteiger partial charge is 0.507 e. The first-order valence-corrected chi connectivity index (χ1v) is 11.3. The summed E-state index contributed by atoms with van der Waals surface area (Å²) in [5, 5.41) is 0. The van der Waals surface area contributed by atoms with Crippen LogP contribution in [-0.4, -0.2) is 41.4 Å². The zero-order valence-corrected chi connectivity index (χ0v) is 19.7. The van der Waals surface area contributed by atoms with Crippen LogP contribution in [0.3, 0.4) is 0 Å². The first kappa shape index (κ1) is 24.6. The molecular formula is C23H21F4N3O4S. The van der Waals surface area contributed by atoms with Crippen LogP contribution in [0.25, 0.3) is 5.69 Å². The summed E-state index contributed by atoms with van der Waals surface area (Å²) >= 11 is 1.20. The van der Waals surface area contributed by atoms with Gasteiger partial charge in [0.25, 0.3) is 0 Å². The molecule has 0 atom stereocenters. The second kappa shape index (κ2) is 9.25. The number of halogens is 4. The van der Waals surface area contributed by atoms with E-state index in [1.54, 1.807) is 20.2 Å². The molecule has 2 heterocycles. The first-order valence-electron chi connectivity index (χ1n) is 10.5. The number of carbonyl (C=O) groups excluding carboxylic acids is 1. The Bertz CT molecular complexity index is 1300. The molecule has 2 amide bonds. The van der Waals surface area contributed by atoms with E-state index >= 15 is 0 Å². The molecule has 7 nitrogen and oxygen atoms in total. The van der Waals surface area contributed by atoms with Crippen LogP contribution in [0, 0.1) is 6.92 Å². The Labute approximate surface area is 201 Å². The van der Waals surface area contributed by atoms with Crippen LogP contribution in [0.15, 0.2) is 53.7 Å². The van der Waals surface area contributed by atoms with Gasteiger partial charge < -0.3 is 19.1 Å². The predicted molar refractivity (Wildman–Crippen MR) is 120 cm³/mol. The maximum Gasteiger partial charge on any atom is 0.507 e. The molecule has 0 unspecified atom stereocenters. The number of nitrogens with zero attached hydrogens (tertiary/aromatic N) is 3. The summed E-state index contributed by atoms with van der Waals surface area (Å²) in [5.41, 5.74) is 1.15. The molecule has 0 aliphatic carbocycles. The van der Waals surface area contributed by atoms with Crippen molar-refractivity contribution in [2.75, 3.05) is 13.7 Å². The third kappa shape index (κ3) is 5.11. The molecule has 1 aliphatic heterocycles. The van der Waals surface area contributed by atoms with Crippen molar-refractivity contribution < 1.29 is 36.6 Å². The number of benzene rings is 2. The van der Waals surface area contributed by atoms with E-state index in [4.69, 9.17) is 4.74 Å². The van der Waals surface area contributed by atoms with Gasteiger partial charge in [0.15, 0.2) is 16.3 Å². The fraction of sp³-hybridized carbons (Fsp3) is 0.304. The molecule has 35 heavy (non-hydrogen) atoms. The van der Waals surface area contributed by atoms with Crippen LogP contribution >= 0.6 is 11.3 Å². The van der Waals surface area contributed by atoms with Gasteiger partial charge in [-0.05, 0) is 43.7 Å². The van der Waals surface area contributed by atoms with Crippen molar-refractivity contribution in [3.8, 4) is 22.9 Å². The van der Waals surface area contributed by atoms with Crippen molar-refractivity contribution >= 4 is 17.4 Å². The molecule has 1 aromatic heterocycles. The van der Waals surface area contributed by atoms with E-state index < -0.39 is 29.7 Å². The maximum absolute atomic E-state index is 13.6. The summed E-state index contributed by atoms with van der Waals surface area (Å²) in [6, 6.07) is 10.4. The van der Waals surface area contributed by atoms with E-state index in [2.05, 4.69) is 14.5 Å². The van der Waals surface area contributed by atoms with E-state index in [0.29, 0.717) is 13.2 Å². The topological polar surface area (TPSA) is 65.3 Å². The lowest BCUT2D eigenvalue weighted by Crippen LogP contribution is -2.52. The van der Waals surface area contributed by atoms with Gasteiger partial charge in [-0.15, -0.1) is 11.3 Å². The first-order chi connectivity index (χ1) is 16.5. The molecule has 1 aliphatic rings. The van der Waals surface area contributed by atoms with Crippen LogP contribution in [-0.2, 0) is 6.54 Å². The van der Waals surface area contributed by atoms with Crippen molar-refractivity contribution in [3.63, 3.8) is 0 Å². The van der Waals surface area contributed by atoms with Gasteiger partial charge >= 0.3 is 18.2 Å². The number of ether oxygens (including phenoxy) is 3. The minimum Gasteiger partial charge on any atom is -0.494 e. The number of fused-ring (bicyclic) bond motifs is 1. The van der Waals surface area contributed by atoms with Crippen LogP contribution in [0.1, 0.15) is 17.4 Å². The lowest BCUT2D eigenvalue weighted by molar-refractivity contribution is -0.391. The Morgan fingerprint density at radius 1 is 1.09 bits per heavy atom. The zero-order chi connectivity index (χ0) is 25.4. The molecule has 0 N–H and O–H groups in total. The third-order valence-electron chi connectivity index (χ3n) is 4.96. The van der Waals surface area contributed by atoms with Gasteiger partial charge in [0, 0.05) is 30.7 Å². The molecule has 4 rings (SSSR count). The minimum atomic E-state index is -4.83. The number of hydrogen-bond acceptors (Lipinski definition) is 5. The van der Waals surface area contributed by atoms with Crippen LogP contribution in [0.2, 0.25) is 0 Å². The quantitative estimate of drug-likeness (QED) is 0.433. The Morgan fingerprint density at radius 2 is 1.74 bits per heavy atom. The van der Waals surface area contributed by atoms with Crippen molar-refractivity contribution in [1.82, 2.24) is 9.47 Å². The average molecular weight is 511 g/mol. The number of hydrogen-bond donors (Lipinski definition) is 0. The van der Waals surface area contributed by atoms with E-state index in [1.165, 1.54) is 26.9 Å². The van der Waals surface area contributed by atoms with Gasteiger partial charge in [0.2, 0.25) is 0 Å². The summed E-state index contributed by atoms with van der Waals surface area (Å²) in [6.45, 7) is 4.52. The highest BCUT2D eigenvalue weighted by atomic mass is 32.1. The van der Waals surface area contributed by atoms with E-state index in [1.807, 2.05) is 31.2 Å². The van der Waals surface area contributed by atoms with Crippen LogP contribution in [0.5, 0.6) is 17.2 Å². The Morgan fingerprint density at radius 3 is 2.40 bits per heavy atom. The second-order valence-corrected chi connectivity index (χ2v) is 8.90. The van der Waals surface area contributed by atoms with Crippen LogP contribution < -0.4 is 19.0 Å². The zero-order valence-electron chi connectivity index (χ0n) is 18.9. The smallest absolute Gasteiger partial charge is 0.494 e. The average Bonchev–Trinajstić information content (AvgIpc) is 3.15. The number of aryl methyl sites for hydroxylation is 1. The predicted octanol–water partition coefficient (Wildman–Crippen LogP) is 5.36.